The Morgan fingerprint density at radius 1 is 1.30 bits per heavy atom. The van der Waals surface area contributed by atoms with E-state index in [-0.39, 0.29) is 13.1 Å². The van der Waals surface area contributed by atoms with Crippen LogP contribution in [0.4, 0.5) is 4.39 Å². The SMILES string of the molecule is C=CCN(CC=C)S(=O)(=O)c1cc(C(=O)[O-])ccc1F. The monoisotopic (exact) mass is 298 g/mol. The van der Waals surface area contributed by atoms with Gasteiger partial charge in [0.2, 0.25) is 10.0 Å². The van der Waals surface area contributed by atoms with Crippen LogP contribution in [0.15, 0.2) is 48.4 Å². The Kier molecular flexibility index (Phi) is 5.18. The molecular formula is C13H13FNO4S-. The van der Waals surface area contributed by atoms with Crippen LogP contribution in [0.2, 0.25) is 0 Å². The molecule has 0 unspecified atom stereocenters. The van der Waals surface area contributed by atoms with Crippen LogP contribution in [0.3, 0.4) is 0 Å². The molecule has 0 saturated heterocycles. The molecule has 0 aliphatic carbocycles. The number of hydrogen-bond acceptors (Lipinski definition) is 4. The van der Waals surface area contributed by atoms with E-state index in [0.29, 0.717) is 0 Å². The van der Waals surface area contributed by atoms with Gasteiger partial charge in [0.25, 0.3) is 0 Å². The van der Waals surface area contributed by atoms with Crippen LogP contribution in [0.1, 0.15) is 10.4 Å². The maximum absolute atomic E-state index is 13.7. The minimum atomic E-state index is -4.19. The van der Waals surface area contributed by atoms with Gasteiger partial charge in [0.15, 0.2) is 0 Å². The highest BCUT2D eigenvalue weighted by Crippen LogP contribution is 2.20. The molecule has 108 valence electrons. The second-order valence-corrected chi connectivity index (χ2v) is 5.74. The Labute approximate surface area is 116 Å². The van der Waals surface area contributed by atoms with Crippen LogP contribution in [-0.4, -0.2) is 31.8 Å². The second kappa shape index (κ2) is 6.44. The van der Waals surface area contributed by atoms with Gasteiger partial charge in [-0.15, -0.1) is 13.2 Å². The van der Waals surface area contributed by atoms with Crippen LogP contribution in [0, 0.1) is 5.82 Å². The highest BCUT2D eigenvalue weighted by molar-refractivity contribution is 7.89. The van der Waals surface area contributed by atoms with Gasteiger partial charge in [-0.05, 0) is 17.7 Å². The predicted octanol–water partition coefficient (Wildman–Crippen LogP) is 0.552. The standard InChI is InChI=1S/C13H14FNO4S/c1-3-7-15(8-4-2)20(18,19)12-9-10(13(16)17)5-6-11(12)14/h3-6,9H,1-2,7-8H2,(H,16,17)/p-1. The fourth-order valence-corrected chi connectivity index (χ4v) is 3.00. The molecule has 0 bridgehead atoms. The first-order chi connectivity index (χ1) is 9.34. The van der Waals surface area contributed by atoms with Crippen molar-refractivity contribution in [1.82, 2.24) is 4.31 Å². The van der Waals surface area contributed by atoms with Crippen molar-refractivity contribution in [3.05, 3.63) is 54.9 Å². The summed E-state index contributed by atoms with van der Waals surface area (Å²) < 4.78 is 39.2. The molecule has 1 aromatic rings. The van der Waals surface area contributed by atoms with Crippen molar-refractivity contribution in [1.29, 1.82) is 0 Å². The van der Waals surface area contributed by atoms with E-state index < -0.39 is 32.3 Å². The average molecular weight is 298 g/mol. The fraction of sp³-hybridized carbons (Fsp3) is 0.154. The zero-order chi connectivity index (χ0) is 15.3. The third-order valence-electron chi connectivity index (χ3n) is 2.45. The summed E-state index contributed by atoms with van der Waals surface area (Å²) in [5.41, 5.74) is -0.415. The topological polar surface area (TPSA) is 77.5 Å². The number of halogens is 1. The molecule has 5 nitrogen and oxygen atoms in total. The van der Waals surface area contributed by atoms with Gasteiger partial charge >= 0.3 is 0 Å². The quantitative estimate of drug-likeness (QED) is 0.689. The van der Waals surface area contributed by atoms with Crippen molar-refractivity contribution < 1.29 is 22.7 Å². The molecule has 0 aliphatic rings. The van der Waals surface area contributed by atoms with Crippen LogP contribution >= 0.6 is 0 Å². The summed E-state index contributed by atoms with van der Waals surface area (Å²) in [5.74, 6) is -2.62. The van der Waals surface area contributed by atoms with Gasteiger partial charge in [-0.25, -0.2) is 12.8 Å². The Balaban J connectivity index is 3.39. The number of hydrogen-bond donors (Lipinski definition) is 0. The molecule has 0 aliphatic heterocycles. The van der Waals surface area contributed by atoms with Crippen LogP contribution in [-0.2, 0) is 10.0 Å². The number of carboxylic acids is 1. The van der Waals surface area contributed by atoms with Crippen LogP contribution in [0.25, 0.3) is 0 Å². The van der Waals surface area contributed by atoms with E-state index in [2.05, 4.69) is 13.2 Å². The zero-order valence-corrected chi connectivity index (χ0v) is 11.4. The average Bonchev–Trinajstić information content (AvgIpc) is 2.38. The van der Waals surface area contributed by atoms with E-state index in [1.807, 2.05) is 0 Å². The van der Waals surface area contributed by atoms with Crippen LogP contribution < -0.4 is 5.11 Å². The number of rotatable bonds is 7. The van der Waals surface area contributed by atoms with Crippen molar-refractivity contribution in [2.45, 2.75) is 4.90 Å². The summed E-state index contributed by atoms with van der Waals surface area (Å²) in [5, 5.41) is 10.7. The Hall–Kier alpha value is -1.99. The smallest absolute Gasteiger partial charge is 0.246 e. The molecule has 0 amide bonds. The largest absolute Gasteiger partial charge is 0.545 e. The number of aromatic carboxylic acids is 1. The lowest BCUT2D eigenvalue weighted by Crippen LogP contribution is -2.32. The third-order valence-corrected chi connectivity index (χ3v) is 4.30. The molecule has 0 heterocycles. The Morgan fingerprint density at radius 2 is 1.85 bits per heavy atom. The van der Waals surface area contributed by atoms with E-state index in [1.165, 1.54) is 12.2 Å². The first-order valence-electron chi connectivity index (χ1n) is 5.57. The summed E-state index contributed by atoms with van der Waals surface area (Å²) in [7, 11) is -4.19. The van der Waals surface area contributed by atoms with E-state index in [0.717, 1.165) is 22.5 Å². The van der Waals surface area contributed by atoms with Crippen molar-refractivity contribution in [2.24, 2.45) is 0 Å². The van der Waals surface area contributed by atoms with E-state index in [4.69, 9.17) is 0 Å². The highest BCUT2D eigenvalue weighted by atomic mass is 32.2. The van der Waals surface area contributed by atoms with Gasteiger partial charge in [0.05, 0.1) is 5.97 Å². The third kappa shape index (κ3) is 3.31. The predicted molar refractivity (Wildman–Crippen MR) is 69.9 cm³/mol. The molecule has 0 radical (unpaired) electrons. The lowest BCUT2D eigenvalue weighted by atomic mass is 10.2. The molecule has 20 heavy (non-hydrogen) atoms. The van der Waals surface area contributed by atoms with Crippen molar-refractivity contribution in [3.8, 4) is 0 Å². The molecule has 1 rings (SSSR count). The summed E-state index contributed by atoms with van der Waals surface area (Å²) in [4.78, 5) is 10.0. The number of benzene rings is 1. The second-order valence-electron chi connectivity index (χ2n) is 3.83. The number of carboxylic acid groups (broad SMARTS) is 1. The molecule has 0 aromatic heterocycles. The summed E-state index contributed by atoms with van der Waals surface area (Å²) in [6.07, 6.45) is 2.67. The van der Waals surface area contributed by atoms with Gasteiger partial charge in [-0.1, -0.05) is 18.2 Å². The maximum atomic E-state index is 13.7. The van der Waals surface area contributed by atoms with Crippen molar-refractivity contribution >= 4 is 16.0 Å². The molecule has 7 heteroatoms. The molecular weight excluding hydrogens is 285 g/mol. The number of nitrogens with zero attached hydrogens (tertiary/aromatic N) is 1. The van der Waals surface area contributed by atoms with Crippen molar-refractivity contribution in [3.63, 3.8) is 0 Å². The minimum absolute atomic E-state index is 0.0522. The first-order valence-corrected chi connectivity index (χ1v) is 7.01. The molecule has 0 fully saturated rings. The minimum Gasteiger partial charge on any atom is -0.545 e. The fourth-order valence-electron chi connectivity index (χ4n) is 1.53. The lowest BCUT2D eigenvalue weighted by Gasteiger charge is -2.19. The first kappa shape index (κ1) is 16.1. The summed E-state index contributed by atoms with van der Waals surface area (Å²) >= 11 is 0. The summed E-state index contributed by atoms with van der Waals surface area (Å²) in [6.45, 7) is 6.74. The van der Waals surface area contributed by atoms with Crippen molar-refractivity contribution in [2.75, 3.05) is 13.1 Å². The number of carbonyl (C=O) groups is 1. The van der Waals surface area contributed by atoms with E-state index in [1.54, 1.807) is 0 Å². The molecule has 0 saturated carbocycles. The van der Waals surface area contributed by atoms with E-state index >= 15 is 0 Å². The lowest BCUT2D eigenvalue weighted by molar-refractivity contribution is -0.255. The molecule has 0 atom stereocenters. The van der Waals surface area contributed by atoms with Crippen LogP contribution in [0.5, 0.6) is 0 Å². The van der Waals surface area contributed by atoms with Gasteiger partial charge in [0, 0.05) is 13.1 Å². The zero-order valence-electron chi connectivity index (χ0n) is 10.6. The Morgan fingerprint density at radius 3 is 2.30 bits per heavy atom. The highest BCUT2D eigenvalue weighted by Gasteiger charge is 2.26. The number of sulfonamides is 1. The molecule has 0 spiro atoms. The molecule has 1 aromatic carbocycles. The number of carbonyl (C=O) groups excluding carboxylic acids is 1. The maximum Gasteiger partial charge on any atom is 0.246 e. The van der Waals surface area contributed by atoms with E-state index in [9.17, 15) is 22.7 Å². The van der Waals surface area contributed by atoms with Gasteiger partial charge in [-0.3, -0.25) is 0 Å². The van der Waals surface area contributed by atoms with Gasteiger partial charge in [-0.2, -0.15) is 4.31 Å². The summed E-state index contributed by atoms with van der Waals surface area (Å²) in [6, 6.07) is 2.45. The molecule has 0 N–H and O–H groups in total. The van der Waals surface area contributed by atoms with Gasteiger partial charge in [0.1, 0.15) is 10.7 Å². The van der Waals surface area contributed by atoms with Gasteiger partial charge < -0.3 is 9.90 Å². The Bertz CT molecular complexity index is 630. The normalized spacial score (nSPS) is 11.3.